The summed E-state index contributed by atoms with van der Waals surface area (Å²) in [6.07, 6.45) is 6.60. The van der Waals surface area contributed by atoms with E-state index in [-0.39, 0.29) is 0 Å². The van der Waals surface area contributed by atoms with E-state index in [0.717, 1.165) is 24.3 Å². The van der Waals surface area contributed by atoms with Gasteiger partial charge in [0.1, 0.15) is 5.75 Å². The summed E-state index contributed by atoms with van der Waals surface area (Å²) in [6.45, 7) is 4.82. The fourth-order valence-electron chi connectivity index (χ4n) is 5.68. The van der Waals surface area contributed by atoms with Crippen LogP contribution in [0.2, 0.25) is 0 Å². The summed E-state index contributed by atoms with van der Waals surface area (Å²) in [5.41, 5.74) is 4.17. The first-order chi connectivity index (χ1) is 11.3. The first kappa shape index (κ1) is 13.9. The largest absolute Gasteiger partial charge is 0.508 e. The minimum atomic E-state index is 0.386. The zero-order valence-electron chi connectivity index (χ0n) is 13.9. The van der Waals surface area contributed by atoms with Crippen molar-refractivity contribution in [3.05, 3.63) is 29.5 Å². The molecule has 3 aliphatic rings. The lowest BCUT2D eigenvalue weighted by atomic mass is 9.82. The molecule has 1 aromatic heterocycles. The summed E-state index contributed by atoms with van der Waals surface area (Å²) < 4.78 is 0. The molecule has 3 heterocycles. The number of rotatable bonds is 3. The van der Waals surface area contributed by atoms with Crippen LogP contribution < -0.4 is 0 Å². The topological polar surface area (TPSA) is 39.3 Å². The molecule has 0 spiro atoms. The lowest BCUT2D eigenvalue weighted by Gasteiger charge is -2.47. The Bertz CT molecular complexity index is 749. The number of nitrogens with zero attached hydrogens (tertiary/aromatic N) is 1. The molecule has 5 rings (SSSR count). The number of phenols is 1. The third kappa shape index (κ3) is 1.92. The molecule has 3 nitrogen and oxygen atoms in total. The fraction of sp³-hybridized carbons (Fsp3) is 0.600. The highest BCUT2D eigenvalue weighted by atomic mass is 16.3. The van der Waals surface area contributed by atoms with Gasteiger partial charge in [-0.1, -0.05) is 26.2 Å². The molecule has 1 saturated heterocycles. The van der Waals surface area contributed by atoms with Crippen LogP contribution in [-0.4, -0.2) is 34.1 Å². The van der Waals surface area contributed by atoms with Crippen molar-refractivity contribution >= 4 is 10.9 Å². The van der Waals surface area contributed by atoms with Gasteiger partial charge in [0, 0.05) is 41.6 Å². The summed E-state index contributed by atoms with van der Waals surface area (Å²) >= 11 is 0. The van der Waals surface area contributed by atoms with Crippen molar-refractivity contribution in [2.75, 3.05) is 13.1 Å². The zero-order valence-corrected chi connectivity index (χ0v) is 13.9. The molecule has 2 fully saturated rings. The molecule has 1 unspecified atom stereocenters. The van der Waals surface area contributed by atoms with Gasteiger partial charge in [0.05, 0.1) is 0 Å². The lowest BCUT2D eigenvalue weighted by Crippen LogP contribution is -2.56. The fourth-order valence-corrected chi connectivity index (χ4v) is 5.68. The molecule has 2 aliphatic heterocycles. The Kier molecular flexibility index (Phi) is 3.03. The van der Waals surface area contributed by atoms with Gasteiger partial charge in [0.2, 0.25) is 0 Å². The van der Waals surface area contributed by atoms with Crippen molar-refractivity contribution in [3.63, 3.8) is 0 Å². The van der Waals surface area contributed by atoms with E-state index in [4.69, 9.17) is 0 Å². The number of H-pyrrole nitrogens is 1. The molecule has 2 N–H and O–H groups in total. The van der Waals surface area contributed by atoms with Crippen molar-refractivity contribution in [1.82, 2.24) is 9.88 Å². The van der Waals surface area contributed by atoms with Crippen LogP contribution in [0, 0.1) is 11.8 Å². The second-order valence-corrected chi connectivity index (χ2v) is 7.89. The number of benzene rings is 1. The van der Waals surface area contributed by atoms with E-state index < -0.39 is 0 Å². The van der Waals surface area contributed by atoms with E-state index in [1.807, 2.05) is 12.1 Å². The minimum absolute atomic E-state index is 0.386. The van der Waals surface area contributed by atoms with Gasteiger partial charge in [-0.25, -0.2) is 0 Å². The van der Waals surface area contributed by atoms with Crippen molar-refractivity contribution in [1.29, 1.82) is 0 Å². The average molecular weight is 310 g/mol. The summed E-state index contributed by atoms with van der Waals surface area (Å²) in [5.74, 6) is 2.92. The maximum Gasteiger partial charge on any atom is 0.116 e. The molecular formula is C20H26N2O. The number of hydrogen-bond acceptors (Lipinski definition) is 2. The van der Waals surface area contributed by atoms with Crippen LogP contribution >= 0.6 is 0 Å². The van der Waals surface area contributed by atoms with Gasteiger partial charge in [-0.2, -0.15) is 0 Å². The first-order valence-electron chi connectivity index (χ1n) is 9.33. The van der Waals surface area contributed by atoms with E-state index in [1.54, 1.807) is 6.07 Å². The van der Waals surface area contributed by atoms with Gasteiger partial charge in [0.15, 0.2) is 0 Å². The Morgan fingerprint density at radius 2 is 2.26 bits per heavy atom. The molecule has 23 heavy (non-hydrogen) atoms. The molecular weight excluding hydrogens is 284 g/mol. The molecule has 1 aliphatic carbocycles. The quantitative estimate of drug-likeness (QED) is 0.898. The molecule has 1 saturated carbocycles. The van der Waals surface area contributed by atoms with Crippen LogP contribution in [0.1, 0.15) is 49.8 Å². The van der Waals surface area contributed by atoms with Crippen molar-refractivity contribution < 1.29 is 5.11 Å². The zero-order chi connectivity index (χ0) is 15.6. The Morgan fingerprint density at radius 3 is 3.13 bits per heavy atom. The second-order valence-electron chi connectivity index (χ2n) is 7.89. The molecule has 0 radical (unpaired) electrons. The third-order valence-corrected chi connectivity index (χ3v) is 6.75. The number of aromatic amines is 1. The van der Waals surface area contributed by atoms with Crippen molar-refractivity contribution in [2.24, 2.45) is 11.8 Å². The number of aromatic nitrogens is 1. The number of unbranched alkanes of at least 4 members (excludes halogenated alkanes) is 1. The number of nitrogens with one attached hydrogen (secondary N) is 1. The smallest absolute Gasteiger partial charge is 0.116 e. The second kappa shape index (κ2) is 5.01. The molecule has 4 atom stereocenters. The van der Waals surface area contributed by atoms with Crippen LogP contribution in [-0.2, 0) is 6.42 Å². The highest BCUT2D eigenvalue weighted by Crippen LogP contribution is 2.55. The van der Waals surface area contributed by atoms with Gasteiger partial charge in [-0.05, 0) is 48.4 Å². The molecule has 3 heteroatoms. The van der Waals surface area contributed by atoms with Crippen LogP contribution in [0.3, 0.4) is 0 Å². The monoisotopic (exact) mass is 310 g/mol. The van der Waals surface area contributed by atoms with Crippen molar-refractivity contribution in [2.45, 2.75) is 51.0 Å². The lowest BCUT2D eigenvalue weighted by molar-refractivity contribution is 0.0133. The third-order valence-electron chi connectivity index (χ3n) is 6.75. The van der Waals surface area contributed by atoms with Crippen LogP contribution in [0.4, 0.5) is 0 Å². The van der Waals surface area contributed by atoms with Gasteiger partial charge < -0.3 is 10.1 Å². The minimum Gasteiger partial charge on any atom is -0.508 e. The first-order valence-corrected chi connectivity index (χ1v) is 9.33. The number of phenolic OH excluding ortho intramolecular Hbond substituents is 1. The van der Waals surface area contributed by atoms with Gasteiger partial charge in [0.25, 0.3) is 0 Å². The summed E-state index contributed by atoms with van der Waals surface area (Å²) in [5, 5.41) is 11.1. The van der Waals surface area contributed by atoms with Crippen LogP contribution in [0.25, 0.3) is 10.9 Å². The summed E-state index contributed by atoms with van der Waals surface area (Å²) in [4.78, 5) is 6.46. The van der Waals surface area contributed by atoms with E-state index in [9.17, 15) is 5.11 Å². The molecule has 2 aromatic rings. The van der Waals surface area contributed by atoms with E-state index in [2.05, 4.69) is 16.8 Å². The predicted molar refractivity (Wildman–Crippen MR) is 92.9 cm³/mol. The maximum absolute atomic E-state index is 9.88. The number of aromatic hydroxyl groups is 1. The van der Waals surface area contributed by atoms with Crippen LogP contribution in [0.5, 0.6) is 5.75 Å². The molecule has 122 valence electrons. The maximum atomic E-state index is 9.88. The highest BCUT2D eigenvalue weighted by molar-refractivity contribution is 5.86. The van der Waals surface area contributed by atoms with Gasteiger partial charge in [-0.15, -0.1) is 0 Å². The SMILES string of the molecule is CCCC[C@H]1C[C@H]2c3[nH]c4ccc(O)cc4c3CCN3C[C@@H]1C23. The van der Waals surface area contributed by atoms with E-state index >= 15 is 0 Å². The average Bonchev–Trinajstić information content (AvgIpc) is 2.98. The predicted octanol–water partition coefficient (Wildman–Crippen LogP) is 4.02. The Balaban J connectivity index is 1.56. The van der Waals surface area contributed by atoms with E-state index in [1.165, 1.54) is 60.9 Å². The molecule has 1 aromatic carbocycles. The standard InChI is InChI=1S/C20H26N2O/c1-2-3-4-12-9-16-19-14(7-8-22-11-17(12)20(16)22)15-10-13(23)5-6-18(15)21-19/h5-6,10,12,16-17,20-21,23H,2-4,7-9,11H2,1H3/t12-,16-,17-,20?/m0/s1. The summed E-state index contributed by atoms with van der Waals surface area (Å²) in [6, 6.07) is 6.57. The normalized spacial score (nSPS) is 32.4. The van der Waals surface area contributed by atoms with Crippen LogP contribution in [0.15, 0.2) is 18.2 Å². The van der Waals surface area contributed by atoms with Gasteiger partial charge >= 0.3 is 0 Å². The van der Waals surface area contributed by atoms with Crippen molar-refractivity contribution in [3.8, 4) is 5.75 Å². The molecule has 0 bridgehead atoms. The molecule has 0 amide bonds. The van der Waals surface area contributed by atoms with E-state index in [0.29, 0.717) is 11.7 Å². The Hall–Kier alpha value is -1.48. The number of fused-ring (bicyclic) bond motifs is 4. The van der Waals surface area contributed by atoms with Gasteiger partial charge in [-0.3, -0.25) is 4.90 Å². The Labute approximate surface area is 137 Å². The Morgan fingerprint density at radius 1 is 1.35 bits per heavy atom. The highest BCUT2D eigenvalue weighted by Gasteiger charge is 2.54. The summed E-state index contributed by atoms with van der Waals surface area (Å²) in [7, 11) is 0. The number of hydrogen-bond donors (Lipinski definition) is 2.